The first-order valence-electron chi connectivity index (χ1n) is 4.50. The molecule has 2 rings (SSSR count). The lowest BCUT2D eigenvalue weighted by Crippen LogP contribution is -2.09. The van der Waals surface area contributed by atoms with Gasteiger partial charge in [-0.05, 0) is 37.4 Å². The maximum Gasteiger partial charge on any atom is 0.0430 e. The van der Waals surface area contributed by atoms with Crippen molar-refractivity contribution >= 4 is 27.1 Å². The lowest BCUT2D eigenvalue weighted by atomic mass is 10.2. The number of hydrogen-bond acceptors (Lipinski definition) is 2. The Labute approximate surface area is 82.4 Å². The first kappa shape index (κ1) is 8.57. The highest BCUT2D eigenvalue weighted by Crippen LogP contribution is 2.27. The first-order valence-corrected chi connectivity index (χ1v) is 5.38. The predicted octanol–water partition coefficient (Wildman–Crippen LogP) is 3.72. The molecular formula is C11H13NS. The summed E-state index contributed by atoms with van der Waals surface area (Å²) in [6.45, 7) is 4.32. The Morgan fingerprint density at radius 3 is 2.85 bits per heavy atom. The molecule has 13 heavy (non-hydrogen) atoms. The number of fused-ring (bicyclic) bond motifs is 1. The Morgan fingerprint density at radius 1 is 1.23 bits per heavy atom. The van der Waals surface area contributed by atoms with Crippen molar-refractivity contribution in [3.05, 3.63) is 29.6 Å². The second-order valence-electron chi connectivity index (χ2n) is 3.44. The average molecular weight is 191 g/mol. The molecule has 1 aromatic carbocycles. The van der Waals surface area contributed by atoms with Gasteiger partial charge >= 0.3 is 0 Å². The Hall–Kier alpha value is -1.02. The summed E-state index contributed by atoms with van der Waals surface area (Å²) in [5.74, 6) is 0. The molecule has 0 saturated heterocycles. The highest BCUT2D eigenvalue weighted by atomic mass is 32.1. The van der Waals surface area contributed by atoms with Gasteiger partial charge in [-0.1, -0.05) is 6.07 Å². The van der Waals surface area contributed by atoms with Crippen LogP contribution in [0, 0.1) is 0 Å². The van der Waals surface area contributed by atoms with Gasteiger partial charge in [0, 0.05) is 21.8 Å². The number of anilines is 1. The van der Waals surface area contributed by atoms with Crippen molar-refractivity contribution in [2.45, 2.75) is 19.9 Å². The van der Waals surface area contributed by atoms with E-state index in [0.29, 0.717) is 6.04 Å². The van der Waals surface area contributed by atoms with E-state index in [-0.39, 0.29) is 0 Å². The molecule has 1 aromatic heterocycles. The van der Waals surface area contributed by atoms with E-state index >= 15 is 0 Å². The quantitative estimate of drug-likeness (QED) is 0.762. The fourth-order valence-corrected chi connectivity index (χ4v) is 2.24. The van der Waals surface area contributed by atoms with E-state index in [1.807, 2.05) is 0 Å². The molecule has 1 N–H and O–H groups in total. The molecule has 1 heterocycles. The molecule has 0 atom stereocenters. The van der Waals surface area contributed by atoms with Gasteiger partial charge in [0.05, 0.1) is 0 Å². The molecule has 0 bridgehead atoms. The van der Waals surface area contributed by atoms with Crippen molar-refractivity contribution in [2.75, 3.05) is 5.32 Å². The molecular weight excluding hydrogens is 178 g/mol. The highest BCUT2D eigenvalue weighted by Gasteiger charge is 2.01. The van der Waals surface area contributed by atoms with Gasteiger partial charge in [0.1, 0.15) is 0 Å². The van der Waals surface area contributed by atoms with Gasteiger partial charge < -0.3 is 5.32 Å². The van der Waals surface area contributed by atoms with Crippen LogP contribution < -0.4 is 5.32 Å². The van der Waals surface area contributed by atoms with Crippen LogP contribution in [0.2, 0.25) is 0 Å². The third-order valence-electron chi connectivity index (χ3n) is 1.94. The van der Waals surface area contributed by atoms with Crippen LogP contribution in [0.15, 0.2) is 29.6 Å². The predicted molar refractivity (Wildman–Crippen MR) is 60.6 cm³/mol. The van der Waals surface area contributed by atoms with Crippen molar-refractivity contribution in [3.63, 3.8) is 0 Å². The Bertz CT molecular complexity index is 403. The van der Waals surface area contributed by atoms with Crippen LogP contribution in [-0.2, 0) is 0 Å². The zero-order chi connectivity index (χ0) is 9.26. The molecule has 0 aliphatic carbocycles. The summed E-state index contributed by atoms with van der Waals surface area (Å²) in [6, 6.07) is 9.06. The number of benzene rings is 1. The number of nitrogens with one attached hydrogen (secondary N) is 1. The second kappa shape index (κ2) is 3.38. The van der Waals surface area contributed by atoms with E-state index in [4.69, 9.17) is 0 Å². The normalized spacial score (nSPS) is 11.0. The van der Waals surface area contributed by atoms with Crippen molar-refractivity contribution in [3.8, 4) is 0 Å². The molecule has 0 saturated carbocycles. The largest absolute Gasteiger partial charge is 0.382 e. The maximum atomic E-state index is 3.44. The second-order valence-corrected chi connectivity index (χ2v) is 4.38. The number of thiophene rings is 1. The van der Waals surface area contributed by atoms with Crippen molar-refractivity contribution in [1.29, 1.82) is 0 Å². The summed E-state index contributed by atoms with van der Waals surface area (Å²) in [4.78, 5) is 0. The van der Waals surface area contributed by atoms with E-state index < -0.39 is 0 Å². The van der Waals surface area contributed by atoms with Crippen molar-refractivity contribution in [2.24, 2.45) is 0 Å². The molecule has 1 nitrogen and oxygen atoms in total. The van der Waals surface area contributed by atoms with E-state index in [2.05, 4.69) is 48.8 Å². The van der Waals surface area contributed by atoms with Gasteiger partial charge in [-0.3, -0.25) is 0 Å². The van der Waals surface area contributed by atoms with Crippen LogP contribution in [0.25, 0.3) is 10.1 Å². The molecule has 2 heteroatoms. The van der Waals surface area contributed by atoms with Crippen LogP contribution in [-0.4, -0.2) is 6.04 Å². The lowest BCUT2D eigenvalue weighted by molar-refractivity contribution is 0.902. The minimum Gasteiger partial charge on any atom is -0.382 e. The summed E-state index contributed by atoms with van der Waals surface area (Å²) in [5, 5.41) is 6.91. The van der Waals surface area contributed by atoms with Gasteiger partial charge in [-0.25, -0.2) is 0 Å². The monoisotopic (exact) mass is 191 g/mol. The zero-order valence-corrected chi connectivity index (χ0v) is 8.69. The zero-order valence-electron chi connectivity index (χ0n) is 7.87. The number of rotatable bonds is 2. The van der Waals surface area contributed by atoms with E-state index in [9.17, 15) is 0 Å². The minimum absolute atomic E-state index is 0.491. The summed E-state index contributed by atoms with van der Waals surface area (Å²) in [6.07, 6.45) is 0. The van der Waals surface area contributed by atoms with E-state index in [1.54, 1.807) is 11.3 Å². The van der Waals surface area contributed by atoms with Crippen LogP contribution in [0.1, 0.15) is 13.8 Å². The minimum atomic E-state index is 0.491. The van der Waals surface area contributed by atoms with E-state index in [0.717, 1.165) is 0 Å². The molecule has 0 aliphatic rings. The van der Waals surface area contributed by atoms with Gasteiger partial charge in [-0.15, -0.1) is 11.3 Å². The summed E-state index contributed by atoms with van der Waals surface area (Å²) < 4.78 is 1.35. The number of hydrogen-bond donors (Lipinski definition) is 1. The average Bonchev–Trinajstić information content (AvgIpc) is 2.51. The van der Waals surface area contributed by atoms with Gasteiger partial charge in [0.2, 0.25) is 0 Å². The van der Waals surface area contributed by atoms with Crippen LogP contribution in [0.3, 0.4) is 0 Å². The molecule has 0 fully saturated rings. The standard InChI is InChI=1S/C11H13NS/c1-8(2)12-10-4-3-5-11-9(10)6-7-13-11/h3-8,12H,1-2H3. The van der Waals surface area contributed by atoms with Gasteiger partial charge in [-0.2, -0.15) is 0 Å². The molecule has 0 radical (unpaired) electrons. The highest BCUT2D eigenvalue weighted by molar-refractivity contribution is 7.17. The Morgan fingerprint density at radius 2 is 2.08 bits per heavy atom. The van der Waals surface area contributed by atoms with Crippen LogP contribution >= 0.6 is 11.3 Å². The van der Waals surface area contributed by atoms with Gasteiger partial charge in [0.25, 0.3) is 0 Å². The summed E-state index contributed by atoms with van der Waals surface area (Å²) >= 11 is 1.79. The Kier molecular flexibility index (Phi) is 2.23. The topological polar surface area (TPSA) is 12.0 Å². The van der Waals surface area contributed by atoms with E-state index in [1.165, 1.54) is 15.8 Å². The SMILES string of the molecule is CC(C)Nc1cccc2sccc12. The molecule has 0 aliphatic heterocycles. The fourth-order valence-electron chi connectivity index (χ4n) is 1.43. The van der Waals surface area contributed by atoms with Crippen LogP contribution in [0.4, 0.5) is 5.69 Å². The fraction of sp³-hybridized carbons (Fsp3) is 0.273. The summed E-state index contributed by atoms with van der Waals surface area (Å²) in [7, 11) is 0. The third-order valence-corrected chi connectivity index (χ3v) is 2.82. The molecule has 0 unspecified atom stereocenters. The molecule has 2 aromatic rings. The molecule has 0 amide bonds. The smallest absolute Gasteiger partial charge is 0.0430 e. The van der Waals surface area contributed by atoms with Gasteiger partial charge in [0.15, 0.2) is 0 Å². The first-order chi connectivity index (χ1) is 6.27. The lowest BCUT2D eigenvalue weighted by Gasteiger charge is -2.10. The van der Waals surface area contributed by atoms with Crippen molar-refractivity contribution < 1.29 is 0 Å². The molecule has 68 valence electrons. The van der Waals surface area contributed by atoms with Crippen LogP contribution in [0.5, 0.6) is 0 Å². The Balaban J connectivity index is 2.48. The van der Waals surface area contributed by atoms with Crippen molar-refractivity contribution in [1.82, 2.24) is 0 Å². The third kappa shape index (κ3) is 1.68. The maximum absolute atomic E-state index is 3.44. The molecule has 0 spiro atoms. The summed E-state index contributed by atoms with van der Waals surface area (Å²) in [5.41, 5.74) is 1.24.